The van der Waals surface area contributed by atoms with Gasteiger partial charge in [-0.05, 0) is 13.0 Å². The van der Waals surface area contributed by atoms with Crippen LogP contribution in [-0.2, 0) is 0 Å². The van der Waals surface area contributed by atoms with Crippen LogP contribution in [0.25, 0.3) is 0 Å². The van der Waals surface area contributed by atoms with Crippen molar-refractivity contribution < 1.29 is 0 Å². The monoisotopic (exact) mass is 144 g/mol. The third-order valence-corrected chi connectivity index (χ3v) is 1.83. The third-order valence-electron chi connectivity index (χ3n) is 1.83. The summed E-state index contributed by atoms with van der Waals surface area (Å²) >= 11 is 0. The molecule has 2 heteroatoms. The Bertz CT molecular complexity index is 73.7. The van der Waals surface area contributed by atoms with Crippen LogP contribution in [0.2, 0.25) is 0 Å². The maximum atomic E-state index is 5.40. The van der Waals surface area contributed by atoms with E-state index >= 15 is 0 Å². The quantitative estimate of drug-likeness (QED) is 0.622. The zero-order valence-electron chi connectivity index (χ0n) is 7.43. The Morgan fingerprint density at radius 1 is 1.50 bits per heavy atom. The molecule has 0 saturated heterocycles. The second kappa shape index (κ2) is 5.69. The van der Waals surface area contributed by atoms with Gasteiger partial charge in [0.05, 0.1) is 0 Å². The first-order chi connectivity index (χ1) is 4.70. The Morgan fingerprint density at radius 2 is 2.10 bits per heavy atom. The van der Waals surface area contributed by atoms with Gasteiger partial charge >= 0.3 is 0 Å². The van der Waals surface area contributed by atoms with Crippen molar-refractivity contribution in [2.24, 2.45) is 11.7 Å². The first kappa shape index (κ1) is 9.92. The van der Waals surface area contributed by atoms with Crippen molar-refractivity contribution in [1.82, 2.24) is 4.90 Å². The Labute approximate surface area is 64.4 Å². The first-order valence-corrected chi connectivity index (χ1v) is 4.09. The highest BCUT2D eigenvalue weighted by molar-refractivity contribution is 4.56. The van der Waals surface area contributed by atoms with Crippen molar-refractivity contribution >= 4 is 0 Å². The van der Waals surface area contributed by atoms with Gasteiger partial charge in [-0.1, -0.05) is 20.3 Å². The highest BCUT2D eigenvalue weighted by atomic mass is 15.1. The van der Waals surface area contributed by atoms with Crippen molar-refractivity contribution in [3.05, 3.63) is 0 Å². The zero-order valence-corrected chi connectivity index (χ0v) is 7.43. The second-order valence-electron chi connectivity index (χ2n) is 3.06. The zero-order chi connectivity index (χ0) is 7.98. The average molecular weight is 144 g/mol. The van der Waals surface area contributed by atoms with Crippen LogP contribution in [0.4, 0.5) is 0 Å². The molecule has 0 amide bonds. The molecule has 0 aliphatic rings. The van der Waals surface area contributed by atoms with E-state index in [9.17, 15) is 0 Å². The maximum absolute atomic E-state index is 5.40. The average Bonchev–Trinajstić information content (AvgIpc) is 1.88. The molecular weight excluding hydrogens is 124 g/mol. The molecule has 0 aliphatic carbocycles. The number of hydrogen-bond acceptors (Lipinski definition) is 2. The van der Waals surface area contributed by atoms with Gasteiger partial charge in [0.1, 0.15) is 0 Å². The molecule has 0 unspecified atom stereocenters. The summed E-state index contributed by atoms with van der Waals surface area (Å²) in [6.45, 7) is 7.46. The predicted octanol–water partition coefficient (Wildman–Crippen LogP) is 0.923. The molecular formula is C8H20N2. The van der Waals surface area contributed by atoms with E-state index in [1.54, 1.807) is 0 Å². The fourth-order valence-corrected chi connectivity index (χ4v) is 0.973. The molecule has 0 bridgehead atoms. The molecule has 2 N–H and O–H groups in total. The number of nitrogens with two attached hydrogens (primary N) is 1. The van der Waals surface area contributed by atoms with Crippen LogP contribution in [0.1, 0.15) is 20.3 Å². The molecule has 0 aromatic heterocycles. The normalized spacial score (nSPS) is 14.1. The summed E-state index contributed by atoms with van der Waals surface area (Å²) in [6.07, 6.45) is 1.26. The summed E-state index contributed by atoms with van der Waals surface area (Å²) < 4.78 is 0. The molecule has 0 spiro atoms. The lowest BCUT2D eigenvalue weighted by atomic mass is 10.1. The SMILES string of the molecule is CC[C@H](C)CN(C)CCN. The van der Waals surface area contributed by atoms with E-state index in [1.165, 1.54) is 13.0 Å². The molecule has 0 aliphatic heterocycles. The number of nitrogens with zero attached hydrogens (tertiary/aromatic N) is 1. The second-order valence-corrected chi connectivity index (χ2v) is 3.06. The van der Waals surface area contributed by atoms with E-state index in [1.807, 2.05) is 0 Å². The molecule has 10 heavy (non-hydrogen) atoms. The van der Waals surface area contributed by atoms with E-state index in [0.29, 0.717) is 0 Å². The van der Waals surface area contributed by atoms with E-state index in [2.05, 4.69) is 25.8 Å². The van der Waals surface area contributed by atoms with Gasteiger partial charge < -0.3 is 10.6 Å². The van der Waals surface area contributed by atoms with Crippen LogP contribution in [-0.4, -0.2) is 31.6 Å². The summed E-state index contributed by atoms with van der Waals surface area (Å²) in [4.78, 5) is 2.29. The predicted molar refractivity (Wildman–Crippen MR) is 46.0 cm³/mol. The molecule has 0 aromatic carbocycles. The van der Waals surface area contributed by atoms with Crippen LogP contribution >= 0.6 is 0 Å². The van der Waals surface area contributed by atoms with Crippen LogP contribution in [0, 0.1) is 5.92 Å². The first-order valence-electron chi connectivity index (χ1n) is 4.09. The maximum Gasteiger partial charge on any atom is 0.0102 e. The summed E-state index contributed by atoms with van der Waals surface area (Å²) in [6, 6.07) is 0. The summed E-state index contributed by atoms with van der Waals surface area (Å²) in [5.74, 6) is 0.802. The molecule has 0 fully saturated rings. The minimum absolute atomic E-state index is 0.771. The van der Waals surface area contributed by atoms with Crippen LogP contribution in [0.3, 0.4) is 0 Å². The van der Waals surface area contributed by atoms with Gasteiger partial charge in [0.2, 0.25) is 0 Å². The largest absolute Gasteiger partial charge is 0.329 e. The minimum atomic E-state index is 0.771. The number of rotatable bonds is 5. The Kier molecular flexibility index (Phi) is 5.64. The highest BCUT2D eigenvalue weighted by Gasteiger charge is 2.01. The number of hydrogen-bond donors (Lipinski definition) is 1. The van der Waals surface area contributed by atoms with Crippen molar-refractivity contribution in [2.45, 2.75) is 20.3 Å². The van der Waals surface area contributed by atoms with Crippen LogP contribution in [0.5, 0.6) is 0 Å². The lowest BCUT2D eigenvalue weighted by Crippen LogP contribution is -2.29. The van der Waals surface area contributed by atoms with Gasteiger partial charge in [-0.3, -0.25) is 0 Å². The molecule has 0 saturated carbocycles. The van der Waals surface area contributed by atoms with Gasteiger partial charge in [0.25, 0.3) is 0 Å². The molecule has 62 valence electrons. The van der Waals surface area contributed by atoms with Gasteiger partial charge in [0, 0.05) is 19.6 Å². The molecule has 0 radical (unpaired) electrons. The van der Waals surface area contributed by atoms with E-state index in [4.69, 9.17) is 5.73 Å². The van der Waals surface area contributed by atoms with E-state index in [-0.39, 0.29) is 0 Å². The Balaban J connectivity index is 3.27. The van der Waals surface area contributed by atoms with Crippen LogP contribution in [0.15, 0.2) is 0 Å². The number of likely N-dealkylation sites (N-methyl/N-ethyl adjacent to an activating group) is 1. The minimum Gasteiger partial charge on any atom is -0.329 e. The van der Waals surface area contributed by atoms with Gasteiger partial charge in [-0.15, -0.1) is 0 Å². The standard InChI is InChI=1S/C8H20N2/c1-4-8(2)7-10(3)6-5-9/h8H,4-7,9H2,1-3H3/t8-/m0/s1. The van der Waals surface area contributed by atoms with E-state index in [0.717, 1.165) is 19.0 Å². The van der Waals surface area contributed by atoms with Crippen molar-refractivity contribution in [3.63, 3.8) is 0 Å². The fourth-order valence-electron chi connectivity index (χ4n) is 0.973. The lowest BCUT2D eigenvalue weighted by Gasteiger charge is -2.18. The van der Waals surface area contributed by atoms with Gasteiger partial charge in [-0.25, -0.2) is 0 Å². The van der Waals surface area contributed by atoms with Crippen LogP contribution < -0.4 is 5.73 Å². The summed E-state index contributed by atoms with van der Waals surface area (Å²) in [5.41, 5.74) is 5.40. The highest BCUT2D eigenvalue weighted by Crippen LogP contribution is 2.01. The van der Waals surface area contributed by atoms with Crippen molar-refractivity contribution in [3.8, 4) is 0 Å². The molecule has 1 atom stereocenters. The topological polar surface area (TPSA) is 29.3 Å². The van der Waals surface area contributed by atoms with Crippen molar-refractivity contribution in [2.75, 3.05) is 26.7 Å². The van der Waals surface area contributed by atoms with Gasteiger partial charge in [0.15, 0.2) is 0 Å². The van der Waals surface area contributed by atoms with E-state index < -0.39 is 0 Å². The fraction of sp³-hybridized carbons (Fsp3) is 1.00. The lowest BCUT2D eigenvalue weighted by molar-refractivity contribution is 0.289. The summed E-state index contributed by atoms with van der Waals surface area (Å²) in [7, 11) is 2.12. The molecule has 2 nitrogen and oxygen atoms in total. The molecule has 0 aromatic rings. The Hall–Kier alpha value is -0.0800. The smallest absolute Gasteiger partial charge is 0.0102 e. The van der Waals surface area contributed by atoms with Crippen molar-refractivity contribution in [1.29, 1.82) is 0 Å². The Morgan fingerprint density at radius 3 is 2.50 bits per heavy atom. The molecule has 0 heterocycles. The third kappa shape index (κ3) is 4.77. The summed E-state index contributed by atoms with van der Waals surface area (Å²) in [5, 5.41) is 0. The molecule has 0 rings (SSSR count). The van der Waals surface area contributed by atoms with Gasteiger partial charge in [-0.2, -0.15) is 0 Å².